The normalized spacial score (nSPS) is 28.1. The van der Waals surface area contributed by atoms with Crippen molar-refractivity contribution in [3.63, 3.8) is 0 Å². The summed E-state index contributed by atoms with van der Waals surface area (Å²) in [7, 11) is 1.71. The number of methoxy groups -OCH3 is 1. The maximum absolute atomic E-state index is 5.42. The zero-order chi connectivity index (χ0) is 9.68. The van der Waals surface area contributed by atoms with Gasteiger partial charge in [0.15, 0.2) is 6.29 Å². The molecule has 2 heteroatoms. The van der Waals surface area contributed by atoms with E-state index in [1.807, 2.05) is 6.26 Å². The summed E-state index contributed by atoms with van der Waals surface area (Å²) >= 11 is 0. The Hall–Kier alpha value is -0.500. The van der Waals surface area contributed by atoms with Crippen LogP contribution in [0.1, 0.15) is 39.5 Å². The van der Waals surface area contributed by atoms with Gasteiger partial charge in [0.25, 0.3) is 0 Å². The highest BCUT2D eigenvalue weighted by atomic mass is 16.7. The second-order valence-electron chi connectivity index (χ2n) is 3.57. The molecule has 0 fully saturated rings. The SMILES string of the molecule is CCCC1CC(OC)OC=C1CC. The first-order chi connectivity index (χ1) is 6.31. The number of allylic oxidation sites excluding steroid dienone is 1. The first-order valence-corrected chi connectivity index (χ1v) is 5.19. The number of hydrogen-bond acceptors (Lipinski definition) is 2. The molecule has 0 aromatic rings. The van der Waals surface area contributed by atoms with Gasteiger partial charge in [-0.15, -0.1) is 0 Å². The minimum atomic E-state index is -0.0214. The predicted octanol–water partition coefficient (Wildman–Crippen LogP) is 3.09. The highest BCUT2D eigenvalue weighted by Gasteiger charge is 2.23. The third kappa shape index (κ3) is 2.73. The van der Waals surface area contributed by atoms with Gasteiger partial charge in [0, 0.05) is 13.5 Å². The van der Waals surface area contributed by atoms with Crippen LogP contribution in [0.4, 0.5) is 0 Å². The van der Waals surface area contributed by atoms with Gasteiger partial charge in [-0.3, -0.25) is 0 Å². The van der Waals surface area contributed by atoms with Crippen molar-refractivity contribution in [2.75, 3.05) is 7.11 Å². The van der Waals surface area contributed by atoms with Crippen LogP contribution in [0.5, 0.6) is 0 Å². The van der Waals surface area contributed by atoms with Crippen molar-refractivity contribution in [1.82, 2.24) is 0 Å². The Balaban J connectivity index is 2.56. The lowest BCUT2D eigenvalue weighted by Crippen LogP contribution is -2.23. The Kier molecular flexibility index (Phi) is 4.29. The van der Waals surface area contributed by atoms with Gasteiger partial charge in [-0.1, -0.05) is 20.3 Å². The maximum Gasteiger partial charge on any atom is 0.199 e. The van der Waals surface area contributed by atoms with E-state index in [0.29, 0.717) is 5.92 Å². The van der Waals surface area contributed by atoms with E-state index in [4.69, 9.17) is 9.47 Å². The summed E-state index contributed by atoms with van der Waals surface area (Å²) in [5.41, 5.74) is 1.44. The molecule has 2 atom stereocenters. The van der Waals surface area contributed by atoms with Crippen molar-refractivity contribution >= 4 is 0 Å². The summed E-state index contributed by atoms with van der Waals surface area (Å²) in [4.78, 5) is 0. The molecule has 0 N–H and O–H groups in total. The van der Waals surface area contributed by atoms with Crippen molar-refractivity contribution in [2.45, 2.75) is 45.8 Å². The lowest BCUT2D eigenvalue weighted by molar-refractivity contribution is -0.104. The van der Waals surface area contributed by atoms with E-state index in [1.54, 1.807) is 7.11 Å². The van der Waals surface area contributed by atoms with Crippen molar-refractivity contribution in [3.05, 3.63) is 11.8 Å². The molecule has 0 saturated heterocycles. The maximum atomic E-state index is 5.42. The molecule has 13 heavy (non-hydrogen) atoms. The minimum Gasteiger partial charge on any atom is -0.473 e. The molecule has 1 rings (SSSR count). The minimum absolute atomic E-state index is 0.0214. The average molecular weight is 184 g/mol. The van der Waals surface area contributed by atoms with Gasteiger partial charge in [0.2, 0.25) is 0 Å². The molecular formula is C11H20O2. The Bertz CT molecular complexity index is 175. The lowest BCUT2D eigenvalue weighted by Gasteiger charge is -2.28. The van der Waals surface area contributed by atoms with Crippen LogP contribution in [0.3, 0.4) is 0 Å². The molecule has 2 nitrogen and oxygen atoms in total. The zero-order valence-electron chi connectivity index (χ0n) is 8.88. The Morgan fingerprint density at radius 1 is 1.54 bits per heavy atom. The van der Waals surface area contributed by atoms with Crippen LogP contribution in [0.2, 0.25) is 0 Å². The van der Waals surface area contributed by atoms with Crippen LogP contribution < -0.4 is 0 Å². The van der Waals surface area contributed by atoms with Crippen molar-refractivity contribution < 1.29 is 9.47 Å². The summed E-state index contributed by atoms with van der Waals surface area (Å²) in [6.07, 6.45) is 6.48. The lowest BCUT2D eigenvalue weighted by atomic mass is 9.89. The number of ether oxygens (including phenoxy) is 2. The highest BCUT2D eigenvalue weighted by Crippen LogP contribution is 2.30. The molecule has 1 aliphatic rings. The van der Waals surface area contributed by atoms with Crippen LogP contribution in [0.15, 0.2) is 11.8 Å². The molecular weight excluding hydrogens is 164 g/mol. The van der Waals surface area contributed by atoms with Crippen LogP contribution >= 0.6 is 0 Å². The Labute approximate surface area is 80.9 Å². The molecule has 2 unspecified atom stereocenters. The monoisotopic (exact) mass is 184 g/mol. The fourth-order valence-electron chi connectivity index (χ4n) is 1.87. The smallest absolute Gasteiger partial charge is 0.199 e. The average Bonchev–Trinajstić information content (AvgIpc) is 2.18. The van der Waals surface area contributed by atoms with Crippen LogP contribution in [0.25, 0.3) is 0 Å². The summed E-state index contributed by atoms with van der Waals surface area (Å²) in [6.45, 7) is 4.41. The second-order valence-corrected chi connectivity index (χ2v) is 3.57. The molecule has 1 aliphatic heterocycles. The van der Waals surface area contributed by atoms with E-state index in [2.05, 4.69) is 13.8 Å². The predicted molar refractivity (Wildman–Crippen MR) is 53.3 cm³/mol. The molecule has 1 heterocycles. The fourth-order valence-corrected chi connectivity index (χ4v) is 1.87. The second kappa shape index (κ2) is 5.28. The van der Waals surface area contributed by atoms with Gasteiger partial charge >= 0.3 is 0 Å². The van der Waals surface area contributed by atoms with Crippen molar-refractivity contribution in [2.24, 2.45) is 5.92 Å². The van der Waals surface area contributed by atoms with Gasteiger partial charge in [-0.05, 0) is 24.3 Å². The van der Waals surface area contributed by atoms with E-state index in [1.165, 1.54) is 18.4 Å². The Morgan fingerprint density at radius 2 is 2.31 bits per heavy atom. The van der Waals surface area contributed by atoms with Gasteiger partial charge < -0.3 is 9.47 Å². The van der Waals surface area contributed by atoms with Crippen LogP contribution in [-0.4, -0.2) is 13.4 Å². The largest absolute Gasteiger partial charge is 0.473 e. The van der Waals surface area contributed by atoms with Crippen LogP contribution in [-0.2, 0) is 9.47 Å². The summed E-state index contributed by atoms with van der Waals surface area (Å²) < 4.78 is 10.6. The molecule has 0 spiro atoms. The first-order valence-electron chi connectivity index (χ1n) is 5.19. The topological polar surface area (TPSA) is 18.5 Å². The van der Waals surface area contributed by atoms with Crippen molar-refractivity contribution in [3.8, 4) is 0 Å². The van der Waals surface area contributed by atoms with Crippen LogP contribution in [0, 0.1) is 5.92 Å². The van der Waals surface area contributed by atoms with Crippen molar-refractivity contribution in [1.29, 1.82) is 0 Å². The molecule has 76 valence electrons. The van der Waals surface area contributed by atoms with Gasteiger partial charge in [0.1, 0.15) is 0 Å². The standard InChI is InChI=1S/C11H20O2/c1-4-6-10-7-11(12-3)13-8-9(10)5-2/h8,10-11H,4-7H2,1-3H3. The summed E-state index contributed by atoms with van der Waals surface area (Å²) in [5.74, 6) is 0.675. The quantitative estimate of drug-likeness (QED) is 0.668. The molecule has 0 saturated carbocycles. The van der Waals surface area contributed by atoms with Gasteiger partial charge in [0.05, 0.1) is 6.26 Å². The molecule has 0 bridgehead atoms. The Morgan fingerprint density at radius 3 is 2.85 bits per heavy atom. The third-order valence-electron chi connectivity index (χ3n) is 2.68. The van der Waals surface area contributed by atoms with E-state index in [-0.39, 0.29) is 6.29 Å². The number of hydrogen-bond donors (Lipinski definition) is 0. The van der Waals surface area contributed by atoms with Gasteiger partial charge in [-0.25, -0.2) is 0 Å². The zero-order valence-corrected chi connectivity index (χ0v) is 8.88. The molecule has 0 aromatic heterocycles. The van der Waals surface area contributed by atoms with Gasteiger partial charge in [-0.2, -0.15) is 0 Å². The molecule has 0 amide bonds. The molecule has 0 aromatic carbocycles. The van der Waals surface area contributed by atoms with E-state index < -0.39 is 0 Å². The molecule has 0 aliphatic carbocycles. The highest BCUT2D eigenvalue weighted by molar-refractivity contribution is 5.05. The third-order valence-corrected chi connectivity index (χ3v) is 2.68. The van der Waals surface area contributed by atoms with E-state index in [0.717, 1.165) is 12.8 Å². The number of rotatable bonds is 4. The molecule has 0 radical (unpaired) electrons. The first kappa shape index (κ1) is 10.6. The van der Waals surface area contributed by atoms with E-state index >= 15 is 0 Å². The fraction of sp³-hybridized carbons (Fsp3) is 0.818. The summed E-state index contributed by atoms with van der Waals surface area (Å²) in [5, 5.41) is 0. The summed E-state index contributed by atoms with van der Waals surface area (Å²) in [6, 6.07) is 0. The van der Waals surface area contributed by atoms with E-state index in [9.17, 15) is 0 Å².